The summed E-state index contributed by atoms with van der Waals surface area (Å²) in [7, 11) is 0. The lowest BCUT2D eigenvalue weighted by molar-refractivity contribution is 0.780. The monoisotopic (exact) mass is 317 g/mol. The van der Waals surface area contributed by atoms with Crippen molar-refractivity contribution in [3.63, 3.8) is 0 Å². The molecule has 1 aliphatic rings. The van der Waals surface area contributed by atoms with Crippen LogP contribution >= 0.6 is 0 Å². The number of hydrogen-bond acceptors (Lipinski definition) is 2. The minimum Gasteiger partial charge on any atom is -0.370 e. The van der Waals surface area contributed by atoms with Crippen molar-refractivity contribution in [2.75, 3.05) is 11.9 Å². The quantitative estimate of drug-likeness (QED) is 0.728. The highest BCUT2D eigenvalue weighted by molar-refractivity contribution is 5.71. The van der Waals surface area contributed by atoms with Crippen molar-refractivity contribution in [1.82, 2.24) is 9.78 Å². The van der Waals surface area contributed by atoms with E-state index >= 15 is 0 Å². The average Bonchev–Trinajstić information content (AvgIpc) is 2.77. The Morgan fingerprint density at radius 1 is 0.958 bits per heavy atom. The molecule has 24 heavy (non-hydrogen) atoms. The Hall–Kier alpha value is -2.55. The predicted molar refractivity (Wildman–Crippen MR) is 99.9 cm³/mol. The standard InChI is InChI=1S/C21H23N3/c1-15-9-11-17(12-10-15)20-19-8-3-4-13-22-21(19)24(23-20)18-7-5-6-16(2)14-18/h5-7,9-12,14,22H,3-4,8,13H2,1-2H3. The van der Waals surface area contributed by atoms with Crippen molar-refractivity contribution >= 4 is 5.82 Å². The summed E-state index contributed by atoms with van der Waals surface area (Å²) >= 11 is 0. The van der Waals surface area contributed by atoms with Crippen molar-refractivity contribution in [3.05, 3.63) is 65.2 Å². The first-order valence-corrected chi connectivity index (χ1v) is 8.72. The van der Waals surface area contributed by atoms with E-state index in [-0.39, 0.29) is 0 Å². The molecule has 0 radical (unpaired) electrons. The molecule has 122 valence electrons. The first-order chi connectivity index (χ1) is 11.7. The Morgan fingerprint density at radius 3 is 2.58 bits per heavy atom. The zero-order chi connectivity index (χ0) is 16.5. The second-order valence-electron chi connectivity index (χ2n) is 6.68. The number of aryl methyl sites for hydroxylation is 2. The molecule has 2 heterocycles. The lowest BCUT2D eigenvalue weighted by Gasteiger charge is -2.09. The van der Waals surface area contributed by atoms with Gasteiger partial charge in [-0.2, -0.15) is 5.10 Å². The van der Waals surface area contributed by atoms with Gasteiger partial charge in [0.25, 0.3) is 0 Å². The smallest absolute Gasteiger partial charge is 0.133 e. The SMILES string of the molecule is Cc1ccc(-c2nn(-c3cccc(C)c3)c3c2CCCCN3)cc1. The third kappa shape index (κ3) is 2.71. The van der Waals surface area contributed by atoms with E-state index in [1.165, 1.54) is 35.1 Å². The number of nitrogens with one attached hydrogen (secondary N) is 1. The van der Waals surface area contributed by atoms with Crippen LogP contribution in [-0.4, -0.2) is 16.3 Å². The van der Waals surface area contributed by atoms with Gasteiger partial charge in [0.1, 0.15) is 5.82 Å². The third-order valence-electron chi connectivity index (χ3n) is 4.70. The highest BCUT2D eigenvalue weighted by atomic mass is 15.3. The van der Waals surface area contributed by atoms with E-state index in [2.05, 4.69) is 72.4 Å². The number of rotatable bonds is 2. The fourth-order valence-electron chi connectivity index (χ4n) is 3.39. The van der Waals surface area contributed by atoms with Gasteiger partial charge in [-0.25, -0.2) is 4.68 Å². The number of fused-ring (bicyclic) bond motifs is 1. The fourth-order valence-corrected chi connectivity index (χ4v) is 3.39. The molecule has 0 amide bonds. The number of aromatic nitrogens is 2. The average molecular weight is 317 g/mol. The van der Waals surface area contributed by atoms with Crippen LogP contribution in [0.1, 0.15) is 29.5 Å². The summed E-state index contributed by atoms with van der Waals surface area (Å²) in [6, 6.07) is 17.2. The van der Waals surface area contributed by atoms with Crippen LogP contribution in [0.15, 0.2) is 48.5 Å². The predicted octanol–water partition coefficient (Wildman–Crippen LogP) is 4.90. The number of hydrogen-bond donors (Lipinski definition) is 1. The molecule has 0 spiro atoms. The van der Waals surface area contributed by atoms with Gasteiger partial charge in [-0.15, -0.1) is 0 Å². The Labute approximate surface area is 143 Å². The van der Waals surface area contributed by atoms with Crippen molar-refractivity contribution in [3.8, 4) is 16.9 Å². The maximum absolute atomic E-state index is 5.00. The van der Waals surface area contributed by atoms with Gasteiger partial charge < -0.3 is 5.32 Å². The molecule has 0 atom stereocenters. The highest BCUT2D eigenvalue weighted by Crippen LogP contribution is 2.34. The van der Waals surface area contributed by atoms with Gasteiger partial charge in [-0.05, 0) is 50.8 Å². The van der Waals surface area contributed by atoms with E-state index < -0.39 is 0 Å². The van der Waals surface area contributed by atoms with Gasteiger partial charge >= 0.3 is 0 Å². The van der Waals surface area contributed by atoms with Gasteiger partial charge in [0, 0.05) is 17.7 Å². The van der Waals surface area contributed by atoms with Gasteiger partial charge in [-0.1, -0.05) is 42.0 Å². The summed E-state index contributed by atoms with van der Waals surface area (Å²) < 4.78 is 2.09. The van der Waals surface area contributed by atoms with Crippen LogP contribution in [0, 0.1) is 13.8 Å². The van der Waals surface area contributed by atoms with E-state index in [4.69, 9.17) is 5.10 Å². The van der Waals surface area contributed by atoms with Crippen LogP contribution in [-0.2, 0) is 6.42 Å². The Morgan fingerprint density at radius 2 is 1.79 bits per heavy atom. The lowest BCUT2D eigenvalue weighted by Crippen LogP contribution is -2.07. The van der Waals surface area contributed by atoms with E-state index in [9.17, 15) is 0 Å². The largest absolute Gasteiger partial charge is 0.370 e. The number of nitrogens with zero attached hydrogens (tertiary/aromatic N) is 2. The summed E-state index contributed by atoms with van der Waals surface area (Å²) in [6.45, 7) is 5.26. The molecule has 0 saturated carbocycles. The molecule has 0 unspecified atom stereocenters. The molecular formula is C21H23N3. The topological polar surface area (TPSA) is 29.9 Å². The van der Waals surface area contributed by atoms with Crippen molar-refractivity contribution in [2.24, 2.45) is 0 Å². The lowest BCUT2D eigenvalue weighted by atomic mass is 10.0. The van der Waals surface area contributed by atoms with Crippen molar-refractivity contribution < 1.29 is 0 Å². The molecule has 3 aromatic rings. The summed E-state index contributed by atoms with van der Waals surface area (Å²) in [5.74, 6) is 1.16. The highest BCUT2D eigenvalue weighted by Gasteiger charge is 2.21. The van der Waals surface area contributed by atoms with Gasteiger partial charge in [0.05, 0.1) is 11.4 Å². The second kappa shape index (κ2) is 6.16. The van der Waals surface area contributed by atoms with Gasteiger partial charge in [-0.3, -0.25) is 0 Å². The second-order valence-corrected chi connectivity index (χ2v) is 6.68. The summed E-state index contributed by atoms with van der Waals surface area (Å²) in [4.78, 5) is 0. The van der Waals surface area contributed by atoms with E-state index in [1.54, 1.807) is 0 Å². The summed E-state index contributed by atoms with van der Waals surface area (Å²) in [5, 5.41) is 8.61. The molecule has 3 nitrogen and oxygen atoms in total. The van der Waals surface area contributed by atoms with E-state index in [0.717, 1.165) is 30.2 Å². The van der Waals surface area contributed by atoms with E-state index in [0.29, 0.717) is 0 Å². The van der Waals surface area contributed by atoms with Crippen LogP contribution in [0.4, 0.5) is 5.82 Å². The molecule has 0 saturated heterocycles. The van der Waals surface area contributed by atoms with Gasteiger partial charge in [0.2, 0.25) is 0 Å². The Balaban J connectivity index is 1.90. The molecule has 0 aliphatic carbocycles. The Kier molecular flexibility index (Phi) is 3.85. The maximum atomic E-state index is 5.00. The number of benzene rings is 2. The van der Waals surface area contributed by atoms with Crippen molar-refractivity contribution in [1.29, 1.82) is 0 Å². The molecule has 1 aromatic heterocycles. The van der Waals surface area contributed by atoms with E-state index in [1.807, 2.05) is 0 Å². The number of anilines is 1. The normalized spacial score (nSPS) is 13.9. The first kappa shape index (κ1) is 15.0. The van der Waals surface area contributed by atoms with Gasteiger partial charge in [0.15, 0.2) is 0 Å². The summed E-state index contributed by atoms with van der Waals surface area (Å²) in [6.07, 6.45) is 3.49. The zero-order valence-corrected chi connectivity index (χ0v) is 14.3. The fraction of sp³-hybridized carbons (Fsp3) is 0.286. The molecule has 0 fully saturated rings. The molecule has 1 aliphatic heterocycles. The van der Waals surface area contributed by atoms with Crippen LogP contribution in [0.25, 0.3) is 16.9 Å². The maximum Gasteiger partial charge on any atom is 0.133 e. The Bertz CT molecular complexity index is 859. The first-order valence-electron chi connectivity index (χ1n) is 8.72. The summed E-state index contributed by atoms with van der Waals surface area (Å²) in [5.41, 5.74) is 7.31. The van der Waals surface area contributed by atoms with Crippen molar-refractivity contribution in [2.45, 2.75) is 33.1 Å². The van der Waals surface area contributed by atoms with Crippen LogP contribution < -0.4 is 5.32 Å². The minimum atomic E-state index is 1.01. The van der Waals surface area contributed by atoms with Crippen LogP contribution in [0.2, 0.25) is 0 Å². The molecule has 4 rings (SSSR count). The molecule has 1 N–H and O–H groups in total. The third-order valence-corrected chi connectivity index (χ3v) is 4.70. The molecule has 2 aromatic carbocycles. The van der Waals surface area contributed by atoms with Crippen LogP contribution in [0.3, 0.4) is 0 Å². The molecular weight excluding hydrogens is 294 g/mol. The molecule has 3 heteroatoms. The minimum absolute atomic E-state index is 1.01. The van der Waals surface area contributed by atoms with Crippen LogP contribution in [0.5, 0.6) is 0 Å². The molecule has 0 bridgehead atoms. The zero-order valence-electron chi connectivity index (χ0n) is 14.3.